The second-order valence-corrected chi connectivity index (χ2v) is 8.27. The Labute approximate surface area is 169 Å². The van der Waals surface area contributed by atoms with E-state index < -0.39 is 5.60 Å². The highest BCUT2D eigenvalue weighted by Crippen LogP contribution is 2.35. The van der Waals surface area contributed by atoms with Crippen molar-refractivity contribution in [1.82, 2.24) is 9.80 Å². The van der Waals surface area contributed by atoms with E-state index in [2.05, 4.69) is 18.7 Å². The molecule has 1 fully saturated rings. The minimum atomic E-state index is -0.571. The van der Waals surface area contributed by atoms with Crippen LogP contribution in [0.4, 0.5) is 4.79 Å². The van der Waals surface area contributed by atoms with Crippen molar-refractivity contribution in [3.8, 4) is 0 Å². The third-order valence-electron chi connectivity index (χ3n) is 5.06. The molecule has 1 heterocycles. The maximum Gasteiger partial charge on any atom is 0.410 e. The van der Waals surface area contributed by atoms with Crippen molar-refractivity contribution in [3.63, 3.8) is 0 Å². The van der Waals surface area contributed by atoms with Gasteiger partial charge < -0.3 is 14.5 Å². The molecule has 0 bridgehead atoms. The molecule has 1 saturated heterocycles. The molecule has 0 saturated carbocycles. The molecular weight excluding hydrogens is 352 g/mol. The van der Waals surface area contributed by atoms with Gasteiger partial charge in [-0.3, -0.25) is 4.79 Å². The third kappa shape index (κ3) is 6.11. The number of likely N-dealkylation sites (tertiary alicyclic amines) is 1. The molecule has 1 aromatic rings. The monoisotopic (exact) mass is 386 g/mol. The van der Waals surface area contributed by atoms with Gasteiger partial charge in [0.05, 0.1) is 6.04 Å². The Balaban J connectivity index is 2.18. The van der Waals surface area contributed by atoms with Crippen molar-refractivity contribution in [1.29, 1.82) is 0 Å². The van der Waals surface area contributed by atoms with Crippen molar-refractivity contribution in [2.24, 2.45) is 5.92 Å². The molecule has 0 N–H and O–H groups in total. The van der Waals surface area contributed by atoms with Gasteiger partial charge >= 0.3 is 6.09 Å². The Morgan fingerprint density at radius 2 is 1.79 bits per heavy atom. The molecule has 0 aliphatic carbocycles. The van der Waals surface area contributed by atoms with Crippen molar-refractivity contribution in [3.05, 3.63) is 48.2 Å². The number of amides is 1. The summed E-state index contributed by atoms with van der Waals surface area (Å²) in [6.45, 7) is 11.8. The van der Waals surface area contributed by atoms with Crippen LogP contribution in [0.15, 0.2) is 42.6 Å². The molecule has 1 aromatic carbocycles. The van der Waals surface area contributed by atoms with Gasteiger partial charge in [-0.2, -0.15) is 0 Å². The first kappa shape index (κ1) is 22.0. The van der Waals surface area contributed by atoms with Crippen LogP contribution >= 0.6 is 0 Å². The summed E-state index contributed by atoms with van der Waals surface area (Å²) in [6, 6.07) is 9.93. The second-order valence-electron chi connectivity index (χ2n) is 8.27. The highest BCUT2D eigenvalue weighted by atomic mass is 16.6. The predicted octanol–water partition coefficient (Wildman–Crippen LogP) is 4.80. The zero-order chi connectivity index (χ0) is 20.7. The summed E-state index contributed by atoms with van der Waals surface area (Å²) in [5, 5.41) is 0. The molecule has 2 atom stereocenters. The molecule has 1 aliphatic heterocycles. The minimum absolute atomic E-state index is 0.0631. The van der Waals surface area contributed by atoms with Crippen LogP contribution in [0.1, 0.15) is 59.1 Å². The number of carbonyl (C=O) groups excluding carboxylic acids is 2. The summed E-state index contributed by atoms with van der Waals surface area (Å²) in [5.74, 6) is -0.119. The smallest absolute Gasteiger partial charge is 0.410 e. The fraction of sp³-hybridized carbons (Fsp3) is 0.565. The van der Waals surface area contributed by atoms with E-state index in [9.17, 15) is 9.59 Å². The SMILES string of the molecule is CCN(/C=C/C(=O)C1CCC(c2ccccc2)N(C(=O)OC(C)(C)C)C1)CC. The van der Waals surface area contributed by atoms with Crippen LogP contribution < -0.4 is 0 Å². The fourth-order valence-electron chi connectivity index (χ4n) is 3.50. The number of nitrogens with zero attached hydrogens (tertiary/aromatic N) is 2. The Morgan fingerprint density at radius 1 is 1.14 bits per heavy atom. The number of hydrogen-bond donors (Lipinski definition) is 0. The first-order valence-corrected chi connectivity index (χ1v) is 10.3. The van der Waals surface area contributed by atoms with Crippen molar-refractivity contribution < 1.29 is 14.3 Å². The highest BCUT2D eigenvalue weighted by molar-refractivity contribution is 5.92. The summed E-state index contributed by atoms with van der Waals surface area (Å²) in [6.07, 6.45) is 4.68. The van der Waals surface area contributed by atoms with Gasteiger partial charge in [-0.15, -0.1) is 0 Å². The van der Waals surface area contributed by atoms with Gasteiger partial charge in [0, 0.05) is 31.8 Å². The van der Waals surface area contributed by atoms with E-state index in [0.717, 1.165) is 31.5 Å². The number of allylic oxidation sites excluding steroid dienone is 1. The van der Waals surface area contributed by atoms with E-state index in [4.69, 9.17) is 4.74 Å². The average molecular weight is 387 g/mol. The van der Waals surface area contributed by atoms with Crippen molar-refractivity contribution >= 4 is 11.9 Å². The number of hydrogen-bond acceptors (Lipinski definition) is 4. The normalized spacial score (nSPS) is 20.2. The summed E-state index contributed by atoms with van der Waals surface area (Å²) in [4.78, 5) is 29.4. The van der Waals surface area contributed by atoms with E-state index in [-0.39, 0.29) is 23.8 Å². The Bertz CT molecular complexity index is 675. The molecule has 0 aromatic heterocycles. The van der Waals surface area contributed by atoms with Gasteiger partial charge in [0.2, 0.25) is 0 Å². The zero-order valence-corrected chi connectivity index (χ0v) is 17.9. The van der Waals surface area contributed by atoms with Gasteiger partial charge in [-0.25, -0.2) is 4.79 Å². The van der Waals surface area contributed by atoms with Gasteiger partial charge in [-0.1, -0.05) is 30.3 Å². The molecule has 154 valence electrons. The molecule has 5 heteroatoms. The van der Waals surface area contributed by atoms with E-state index in [0.29, 0.717) is 6.54 Å². The van der Waals surface area contributed by atoms with Crippen LogP contribution in [0.2, 0.25) is 0 Å². The lowest BCUT2D eigenvalue weighted by atomic mass is 9.87. The van der Waals surface area contributed by atoms with Gasteiger partial charge in [0.15, 0.2) is 5.78 Å². The molecule has 28 heavy (non-hydrogen) atoms. The minimum Gasteiger partial charge on any atom is -0.444 e. The fourth-order valence-corrected chi connectivity index (χ4v) is 3.50. The van der Waals surface area contributed by atoms with E-state index in [1.165, 1.54) is 0 Å². The van der Waals surface area contributed by atoms with E-state index in [1.54, 1.807) is 11.0 Å². The maximum absolute atomic E-state index is 12.9. The number of rotatable bonds is 6. The number of piperidine rings is 1. The Morgan fingerprint density at radius 3 is 2.36 bits per heavy atom. The lowest BCUT2D eigenvalue weighted by molar-refractivity contribution is -0.120. The average Bonchev–Trinajstić information content (AvgIpc) is 2.67. The molecule has 1 amide bonds. The topological polar surface area (TPSA) is 49.9 Å². The number of benzene rings is 1. The molecule has 1 aliphatic rings. The first-order valence-electron chi connectivity index (χ1n) is 10.3. The van der Waals surface area contributed by atoms with Crippen LogP contribution in [-0.2, 0) is 9.53 Å². The number of ketones is 1. The molecule has 5 nitrogen and oxygen atoms in total. The van der Waals surface area contributed by atoms with Crippen molar-refractivity contribution in [2.75, 3.05) is 19.6 Å². The summed E-state index contributed by atoms with van der Waals surface area (Å²) >= 11 is 0. The first-order chi connectivity index (χ1) is 13.2. The molecule has 2 unspecified atom stereocenters. The van der Waals surface area contributed by atoms with Gasteiger partial charge in [-0.05, 0) is 59.1 Å². The van der Waals surface area contributed by atoms with Crippen LogP contribution in [0.5, 0.6) is 0 Å². The zero-order valence-electron chi connectivity index (χ0n) is 17.9. The predicted molar refractivity (Wildman–Crippen MR) is 112 cm³/mol. The van der Waals surface area contributed by atoms with Gasteiger partial charge in [0.1, 0.15) is 5.60 Å². The molecule has 0 spiro atoms. The van der Waals surface area contributed by atoms with Crippen LogP contribution in [0.25, 0.3) is 0 Å². The standard InChI is InChI=1S/C23H34N2O3/c1-6-24(7-2)16-15-21(26)19-13-14-20(18-11-9-8-10-12-18)25(17-19)22(27)28-23(3,4)5/h8-12,15-16,19-20H,6-7,13-14,17H2,1-5H3/b16-15+. The van der Waals surface area contributed by atoms with Crippen LogP contribution in [0, 0.1) is 5.92 Å². The summed E-state index contributed by atoms with van der Waals surface area (Å²) < 4.78 is 5.64. The molecular formula is C23H34N2O3. The van der Waals surface area contributed by atoms with Crippen LogP contribution in [0.3, 0.4) is 0 Å². The molecule has 0 radical (unpaired) electrons. The second kappa shape index (κ2) is 9.76. The maximum atomic E-state index is 12.9. The number of carbonyl (C=O) groups is 2. The van der Waals surface area contributed by atoms with Gasteiger partial charge in [0.25, 0.3) is 0 Å². The Hall–Kier alpha value is -2.30. The Kier molecular flexibility index (Phi) is 7.67. The lowest BCUT2D eigenvalue weighted by Crippen LogP contribution is -2.46. The van der Waals surface area contributed by atoms with E-state index in [1.807, 2.05) is 57.3 Å². The van der Waals surface area contributed by atoms with E-state index >= 15 is 0 Å². The lowest BCUT2D eigenvalue weighted by Gasteiger charge is -2.39. The highest BCUT2D eigenvalue weighted by Gasteiger charge is 2.37. The summed E-state index contributed by atoms with van der Waals surface area (Å²) in [5.41, 5.74) is 0.510. The largest absolute Gasteiger partial charge is 0.444 e. The van der Waals surface area contributed by atoms with Crippen molar-refractivity contribution in [2.45, 2.75) is 59.1 Å². The van der Waals surface area contributed by atoms with Crippen LogP contribution in [-0.4, -0.2) is 46.9 Å². The third-order valence-corrected chi connectivity index (χ3v) is 5.06. The molecule has 2 rings (SSSR count). The summed E-state index contributed by atoms with van der Waals surface area (Å²) in [7, 11) is 0. The number of ether oxygens (including phenoxy) is 1. The quantitative estimate of drug-likeness (QED) is 0.659.